The van der Waals surface area contributed by atoms with Gasteiger partial charge in [-0.15, -0.1) is 0 Å². The first-order valence-electron chi connectivity index (χ1n) is 5.57. The predicted octanol–water partition coefficient (Wildman–Crippen LogP) is 1.68. The monoisotopic (exact) mass is 304 g/mol. The molecule has 0 spiro atoms. The maximum absolute atomic E-state index is 12.2. The fraction of sp³-hybridized carbons (Fsp3) is 0.636. The van der Waals surface area contributed by atoms with E-state index in [4.69, 9.17) is 11.6 Å². The van der Waals surface area contributed by atoms with Crippen molar-refractivity contribution < 1.29 is 8.42 Å². The normalized spacial score (nSPS) is 15.8. The van der Waals surface area contributed by atoms with Crippen molar-refractivity contribution in [1.29, 1.82) is 5.26 Å². The second kappa shape index (κ2) is 4.78. The molecule has 1 aromatic rings. The van der Waals surface area contributed by atoms with E-state index in [9.17, 15) is 13.7 Å². The van der Waals surface area contributed by atoms with Gasteiger partial charge in [0, 0.05) is 13.2 Å². The Morgan fingerprint density at radius 3 is 2.26 bits per heavy atom. The minimum absolute atomic E-state index is 0.0646. The molecule has 0 aliphatic rings. The Kier molecular flexibility index (Phi) is 4.01. The molecule has 1 heterocycles. The molecule has 0 aliphatic heterocycles. The van der Waals surface area contributed by atoms with Gasteiger partial charge in [-0.3, -0.25) is 0 Å². The fourth-order valence-corrected chi connectivity index (χ4v) is 2.90. The number of rotatable bonds is 3. The molecule has 106 valence electrons. The van der Waals surface area contributed by atoms with Crippen LogP contribution in [0.4, 0.5) is 0 Å². The molecule has 0 saturated carbocycles. The van der Waals surface area contributed by atoms with Crippen LogP contribution in [-0.4, -0.2) is 23.5 Å². The molecule has 0 unspecified atom stereocenters. The first kappa shape index (κ1) is 16.0. The molecule has 0 aromatic carbocycles. The van der Waals surface area contributed by atoms with E-state index in [1.807, 2.05) is 6.07 Å². The Bertz CT molecular complexity index is 605. The number of sulfonamides is 1. The van der Waals surface area contributed by atoms with Crippen LogP contribution in [0, 0.1) is 16.7 Å². The second-order valence-electron chi connectivity index (χ2n) is 5.55. The highest BCUT2D eigenvalue weighted by Gasteiger charge is 2.42. The summed E-state index contributed by atoms with van der Waals surface area (Å²) in [5, 5.41) is 9.12. The van der Waals surface area contributed by atoms with Crippen LogP contribution in [0.1, 0.15) is 27.7 Å². The lowest BCUT2D eigenvalue weighted by molar-refractivity contribution is 0.247. The number of nitrogens with zero attached hydrogens (tertiary/aromatic N) is 3. The van der Waals surface area contributed by atoms with Crippen molar-refractivity contribution in [2.45, 2.75) is 38.3 Å². The Morgan fingerprint density at radius 2 is 1.95 bits per heavy atom. The number of aryl methyl sites for hydroxylation is 1. The summed E-state index contributed by atoms with van der Waals surface area (Å²) in [5.74, 6) is 0. The minimum atomic E-state index is -3.90. The molecule has 0 amide bonds. The summed E-state index contributed by atoms with van der Waals surface area (Å²) in [4.78, 5) is 3.75. The van der Waals surface area contributed by atoms with E-state index in [2.05, 4.69) is 9.71 Å². The summed E-state index contributed by atoms with van der Waals surface area (Å²) in [6.07, 6.45) is 1.30. The van der Waals surface area contributed by atoms with Crippen LogP contribution in [0.2, 0.25) is 5.28 Å². The van der Waals surface area contributed by atoms with Gasteiger partial charge >= 0.3 is 0 Å². The summed E-state index contributed by atoms with van der Waals surface area (Å²) in [6.45, 7) is 6.88. The number of halogens is 1. The summed E-state index contributed by atoms with van der Waals surface area (Å²) >= 11 is 5.73. The van der Waals surface area contributed by atoms with Crippen molar-refractivity contribution in [2.24, 2.45) is 12.5 Å². The van der Waals surface area contributed by atoms with E-state index in [0.717, 1.165) is 0 Å². The molecule has 0 bridgehead atoms. The number of aromatic nitrogens is 2. The summed E-state index contributed by atoms with van der Waals surface area (Å²) in [5.41, 5.74) is -1.83. The topological polar surface area (TPSA) is 87.8 Å². The average molecular weight is 305 g/mol. The van der Waals surface area contributed by atoms with Crippen molar-refractivity contribution in [3.05, 3.63) is 11.5 Å². The summed E-state index contributed by atoms with van der Waals surface area (Å²) in [7, 11) is -2.32. The standard InChI is InChI=1S/C11H17ClN4O2S/c1-10(2,3)11(4,7-13)15-19(17,18)8-6-16(5)9(12)14-8/h6,15H,1-5H3/t11-/m0/s1. The quantitative estimate of drug-likeness (QED) is 0.920. The maximum atomic E-state index is 12.2. The Hall–Kier alpha value is -1.10. The van der Waals surface area contributed by atoms with Crippen LogP contribution in [0.25, 0.3) is 0 Å². The molecular weight excluding hydrogens is 288 g/mol. The van der Waals surface area contributed by atoms with Crippen LogP contribution in [0.3, 0.4) is 0 Å². The molecule has 1 aromatic heterocycles. The molecule has 19 heavy (non-hydrogen) atoms. The van der Waals surface area contributed by atoms with Crippen LogP contribution in [0.15, 0.2) is 11.2 Å². The zero-order chi connectivity index (χ0) is 15.1. The second-order valence-corrected chi connectivity index (χ2v) is 7.52. The minimum Gasteiger partial charge on any atom is -0.323 e. The van der Waals surface area contributed by atoms with Gasteiger partial charge in [0.05, 0.1) is 6.07 Å². The average Bonchev–Trinajstić information content (AvgIpc) is 2.57. The van der Waals surface area contributed by atoms with Crippen molar-refractivity contribution in [1.82, 2.24) is 14.3 Å². The van der Waals surface area contributed by atoms with Crippen molar-refractivity contribution in [3.8, 4) is 6.07 Å². The number of hydrogen-bond acceptors (Lipinski definition) is 4. The van der Waals surface area contributed by atoms with Gasteiger partial charge in [0.25, 0.3) is 10.0 Å². The van der Waals surface area contributed by atoms with E-state index in [0.29, 0.717) is 0 Å². The molecule has 0 saturated heterocycles. The number of imidazole rings is 1. The van der Waals surface area contributed by atoms with Gasteiger partial charge < -0.3 is 4.57 Å². The Balaban J connectivity index is 3.21. The summed E-state index contributed by atoms with van der Waals surface area (Å²) < 4.78 is 28.2. The molecule has 1 N–H and O–H groups in total. The highest BCUT2D eigenvalue weighted by molar-refractivity contribution is 7.89. The third-order valence-corrected chi connectivity index (χ3v) is 4.91. The molecule has 0 aliphatic carbocycles. The third kappa shape index (κ3) is 3.08. The lowest BCUT2D eigenvalue weighted by atomic mass is 9.77. The Morgan fingerprint density at radius 1 is 1.42 bits per heavy atom. The number of hydrogen-bond donors (Lipinski definition) is 1. The maximum Gasteiger partial charge on any atom is 0.261 e. The summed E-state index contributed by atoms with van der Waals surface area (Å²) in [6, 6.07) is 2.01. The molecule has 0 fully saturated rings. The van der Waals surface area contributed by atoms with Gasteiger partial charge in [0.1, 0.15) is 5.54 Å². The van der Waals surface area contributed by atoms with Gasteiger partial charge in [-0.1, -0.05) is 20.8 Å². The van der Waals surface area contributed by atoms with Crippen LogP contribution in [-0.2, 0) is 17.1 Å². The third-order valence-electron chi connectivity index (χ3n) is 3.14. The van der Waals surface area contributed by atoms with Gasteiger partial charge in [0.15, 0.2) is 5.03 Å². The predicted molar refractivity (Wildman–Crippen MR) is 72.0 cm³/mol. The number of nitrogens with one attached hydrogen (secondary N) is 1. The van der Waals surface area contributed by atoms with Crippen molar-refractivity contribution in [2.75, 3.05) is 0 Å². The molecule has 1 atom stereocenters. The van der Waals surface area contributed by atoms with Crippen LogP contribution >= 0.6 is 11.6 Å². The van der Waals surface area contributed by atoms with Crippen LogP contribution < -0.4 is 4.72 Å². The first-order valence-corrected chi connectivity index (χ1v) is 7.43. The van der Waals surface area contributed by atoms with E-state index in [1.165, 1.54) is 17.7 Å². The SMILES string of the molecule is Cn1cc(S(=O)(=O)N[C@@](C)(C#N)C(C)(C)C)nc1Cl. The van der Waals surface area contributed by atoms with Gasteiger partial charge in [-0.25, -0.2) is 13.4 Å². The molecule has 6 nitrogen and oxygen atoms in total. The fourth-order valence-electron chi connectivity index (χ4n) is 1.21. The largest absolute Gasteiger partial charge is 0.323 e. The smallest absolute Gasteiger partial charge is 0.261 e. The van der Waals surface area contributed by atoms with Crippen molar-refractivity contribution in [3.63, 3.8) is 0 Å². The number of nitriles is 1. The zero-order valence-electron chi connectivity index (χ0n) is 11.5. The molecular formula is C11H17ClN4O2S. The lowest BCUT2D eigenvalue weighted by Gasteiger charge is -2.35. The highest BCUT2D eigenvalue weighted by Crippen LogP contribution is 2.31. The van der Waals surface area contributed by atoms with Gasteiger partial charge in [0.2, 0.25) is 5.28 Å². The lowest BCUT2D eigenvalue weighted by Crippen LogP contribution is -2.53. The van der Waals surface area contributed by atoms with E-state index in [-0.39, 0.29) is 10.3 Å². The first-order chi connectivity index (χ1) is 8.43. The highest BCUT2D eigenvalue weighted by atomic mass is 35.5. The van der Waals surface area contributed by atoms with E-state index in [1.54, 1.807) is 27.8 Å². The molecule has 0 radical (unpaired) electrons. The molecule has 1 rings (SSSR count). The van der Waals surface area contributed by atoms with E-state index >= 15 is 0 Å². The van der Waals surface area contributed by atoms with Crippen LogP contribution in [0.5, 0.6) is 0 Å². The van der Waals surface area contributed by atoms with Crippen molar-refractivity contribution >= 4 is 21.6 Å². The zero-order valence-corrected chi connectivity index (χ0v) is 13.1. The molecule has 8 heteroatoms. The van der Waals surface area contributed by atoms with Gasteiger partial charge in [-0.05, 0) is 23.9 Å². The Labute approximate surface area is 118 Å². The van der Waals surface area contributed by atoms with Gasteiger partial charge in [-0.2, -0.15) is 9.98 Å². The van der Waals surface area contributed by atoms with E-state index < -0.39 is 21.0 Å².